The fourth-order valence-electron chi connectivity index (χ4n) is 1.40. The Morgan fingerprint density at radius 3 is 2.60 bits per heavy atom. The molecule has 0 aliphatic heterocycles. The van der Waals surface area contributed by atoms with Crippen LogP contribution in [0.3, 0.4) is 0 Å². The average molecular weight is 282 g/mol. The lowest BCUT2D eigenvalue weighted by Crippen LogP contribution is -2.35. The summed E-state index contributed by atoms with van der Waals surface area (Å²) < 4.78 is 10.2. The van der Waals surface area contributed by atoms with Crippen molar-refractivity contribution >= 4 is 11.9 Å². The quantitative estimate of drug-likeness (QED) is 0.800. The molecule has 112 valence electrons. The molecule has 0 spiro atoms. The third kappa shape index (κ3) is 6.21. The van der Waals surface area contributed by atoms with E-state index < -0.39 is 11.7 Å². The number of amides is 1. The van der Waals surface area contributed by atoms with Crippen LogP contribution >= 0.6 is 0 Å². The van der Waals surface area contributed by atoms with Crippen molar-refractivity contribution in [2.75, 3.05) is 25.5 Å². The van der Waals surface area contributed by atoms with Crippen LogP contribution in [-0.2, 0) is 4.74 Å². The third-order valence-corrected chi connectivity index (χ3v) is 2.12. The van der Waals surface area contributed by atoms with Crippen LogP contribution in [0.1, 0.15) is 26.6 Å². The second kappa shape index (κ2) is 6.93. The largest absolute Gasteiger partial charge is 0.481 e. The standard InChI is InChI=1S/C13H22N4O3/c1-9-16-10(8-11(17-9)19-5)14-6-7-15-12(18)20-13(2,3)4/h8H,6-7H2,1-5H3,(H,15,18)(H,14,16,17). The summed E-state index contributed by atoms with van der Waals surface area (Å²) in [5, 5.41) is 5.73. The molecule has 0 fully saturated rings. The van der Waals surface area contributed by atoms with Crippen molar-refractivity contribution in [1.29, 1.82) is 0 Å². The summed E-state index contributed by atoms with van der Waals surface area (Å²) >= 11 is 0. The van der Waals surface area contributed by atoms with E-state index in [1.54, 1.807) is 20.1 Å². The number of carbonyl (C=O) groups excluding carboxylic acids is 1. The van der Waals surface area contributed by atoms with E-state index in [-0.39, 0.29) is 0 Å². The number of hydrogen-bond donors (Lipinski definition) is 2. The van der Waals surface area contributed by atoms with Crippen molar-refractivity contribution in [2.45, 2.75) is 33.3 Å². The van der Waals surface area contributed by atoms with E-state index in [0.29, 0.717) is 30.6 Å². The normalized spacial score (nSPS) is 10.8. The van der Waals surface area contributed by atoms with Gasteiger partial charge < -0.3 is 20.1 Å². The highest BCUT2D eigenvalue weighted by Gasteiger charge is 2.15. The summed E-state index contributed by atoms with van der Waals surface area (Å²) in [6.45, 7) is 8.20. The zero-order valence-electron chi connectivity index (χ0n) is 12.6. The van der Waals surface area contributed by atoms with Gasteiger partial charge in [0, 0.05) is 19.2 Å². The highest BCUT2D eigenvalue weighted by molar-refractivity contribution is 5.67. The molecule has 0 aromatic carbocycles. The molecule has 0 saturated carbocycles. The van der Waals surface area contributed by atoms with Gasteiger partial charge in [-0.25, -0.2) is 9.78 Å². The van der Waals surface area contributed by atoms with Gasteiger partial charge in [-0.1, -0.05) is 0 Å². The number of nitrogens with zero attached hydrogens (tertiary/aromatic N) is 2. The van der Waals surface area contributed by atoms with Gasteiger partial charge in [-0.15, -0.1) is 0 Å². The Kier molecular flexibility index (Phi) is 5.54. The first-order valence-electron chi connectivity index (χ1n) is 6.40. The maximum atomic E-state index is 11.4. The van der Waals surface area contributed by atoms with Gasteiger partial charge >= 0.3 is 6.09 Å². The van der Waals surface area contributed by atoms with Crippen molar-refractivity contribution in [3.63, 3.8) is 0 Å². The monoisotopic (exact) mass is 282 g/mol. The van der Waals surface area contributed by atoms with E-state index in [1.807, 2.05) is 20.8 Å². The van der Waals surface area contributed by atoms with E-state index >= 15 is 0 Å². The number of carbonyl (C=O) groups is 1. The molecule has 20 heavy (non-hydrogen) atoms. The van der Waals surface area contributed by atoms with Crippen molar-refractivity contribution in [3.8, 4) is 5.88 Å². The van der Waals surface area contributed by atoms with Crippen molar-refractivity contribution < 1.29 is 14.3 Å². The number of methoxy groups -OCH3 is 1. The molecule has 7 nitrogen and oxygen atoms in total. The Hall–Kier alpha value is -2.05. The van der Waals surface area contributed by atoms with Crippen molar-refractivity contribution in [2.24, 2.45) is 0 Å². The minimum atomic E-state index is -0.491. The topological polar surface area (TPSA) is 85.4 Å². The maximum Gasteiger partial charge on any atom is 0.407 e. The zero-order chi connectivity index (χ0) is 15.2. The second-order valence-corrected chi connectivity index (χ2v) is 5.20. The summed E-state index contributed by atoms with van der Waals surface area (Å²) in [6, 6.07) is 1.69. The highest BCUT2D eigenvalue weighted by Crippen LogP contribution is 2.12. The Morgan fingerprint density at radius 1 is 1.30 bits per heavy atom. The number of nitrogens with one attached hydrogen (secondary N) is 2. The average Bonchev–Trinajstić information content (AvgIpc) is 2.32. The lowest BCUT2D eigenvalue weighted by atomic mass is 10.2. The molecule has 0 atom stereocenters. The summed E-state index contributed by atoms with van der Waals surface area (Å²) in [4.78, 5) is 19.7. The van der Waals surface area contributed by atoms with Gasteiger partial charge in [0.05, 0.1) is 7.11 Å². The Balaban J connectivity index is 2.34. The molecular formula is C13H22N4O3. The molecule has 0 radical (unpaired) electrons. The number of aryl methyl sites for hydroxylation is 1. The molecular weight excluding hydrogens is 260 g/mol. The van der Waals surface area contributed by atoms with Gasteiger partial charge in [-0.3, -0.25) is 0 Å². The molecule has 1 aromatic rings. The van der Waals surface area contributed by atoms with Gasteiger partial charge in [0.25, 0.3) is 0 Å². The summed E-state index contributed by atoms with van der Waals surface area (Å²) in [6.07, 6.45) is -0.434. The van der Waals surface area contributed by atoms with E-state index in [2.05, 4.69) is 20.6 Å². The van der Waals surface area contributed by atoms with Crippen LogP contribution in [0.25, 0.3) is 0 Å². The lowest BCUT2D eigenvalue weighted by Gasteiger charge is -2.19. The fourth-order valence-corrected chi connectivity index (χ4v) is 1.40. The number of anilines is 1. The van der Waals surface area contributed by atoms with Crippen LogP contribution in [0.15, 0.2) is 6.07 Å². The lowest BCUT2D eigenvalue weighted by molar-refractivity contribution is 0.0530. The number of ether oxygens (including phenoxy) is 2. The first-order chi connectivity index (χ1) is 9.30. The number of aromatic nitrogens is 2. The fraction of sp³-hybridized carbons (Fsp3) is 0.615. The molecule has 0 aliphatic carbocycles. The van der Waals surface area contributed by atoms with Gasteiger partial charge in [0.1, 0.15) is 17.2 Å². The molecule has 0 unspecified atom stereocenters. The number of rotatable bonds is 5. The Bertz CT molecular complexity index is 457. The second-order valence-electron chi connectivity index (χ2n) is 5.20. The number of alkyl carbamates (subject to hydrolysis) is 1. The summed E-state index contributed by atoms with van der Waals surface area (Å²) in [5.74, 6) is 1.77. The Morgan fingerprint density at radius 2 is 2.00 bits per heavy atom. The van der Waals surface area contributed by atoms with Crippen molar-refractivity contribution in [3.05, 3.63) is 11.9 Å². The van der Waals surface area contributed by atoms with E-state index in [0.717, 1.165) is 0 Å². The molecule has 1 amide bonds. The minimum Gasteiger partial charge on any atom is -0.481 e. The highest BCUT2D eigenvalue weighted by atomic mass is 16.6. The van der Waals surface area contributed by atoms with Gasteiger partial charge in [0.15, 0.2) is 0 Å². The van der Waals surface area contributed by atoms with Crippen LogP contribution < -0.4 is 15.4 Å². The van der Waals surface area contributed by atoms with Gasteiger partial charge in [-0.2, -0.15) is 4.98 Å². The molecule has 7 heteroatoms. The van der Waals surface area contributed by atoms with Gasteiger partial charge in [-0.05, 0) is 27.7 Å². The van der Waals surface area contributed by atoms with E-state index in [1.165, 1.54) is 0 Å². The predicted molar refractivity (Wildman–Crippen MR) is 76.0 cm³/mol. The summed E-state index contributed by atoms with van der Waals surface area (Å²) in [7, 11) is 1.55. The zero-order valence-corrected chi connectivity index (χ0v) is 12.6. The summed E-state index contributed by atoms with van der Waals surface area (Å²) in [5.41, 5.74) is -0.491. The van der Waals surface area contributed by atoms with E-state index in [9.17, 15) is 4.79 Å². The van der Waals surface area contributed by atoms with Crippen LogP contribution in [0.4, 0.5) is 10.6 Å². The first-order valence-corrected chi connectivity index (χ1v) is 6.40. The smallest absolute Gasteiger partial charge is 0.407 e. The number of hydrogen-bond acceptors (Lipinski definition) is 6. The molecule has 0 saturated heterocycles. The molecule has 0 bridgehead atoms. The van der Waals surface area contributed by atoms with Crippen LogP contribution in [0.5, 0.6) is 5.88 Å². The van der Waals surface area contributed by atoms with E-state index in [4.69, 9.17) is 9.47 Å². The van der Waals surface area contributed by atoms with Crippen LogP contribution in [-0.4, -0.2) is 41.9 Å². The molecule has 0 aliphatic rings. The Labute approximate surface area is 119 Å². The molecule has 1 heterocycles. The molecule has 1 rings (SSSR count). The SMILES string of the molecule is COc1cc(NCCNC(=O)OC(C)(C)C)nc(C)n1. The first kappa shape index (κ1) is 16.0. The van der Waals surface area contributed by atoms with Crippen molar-refractivity contribution in [1.82, 2.24) is 15.3 Å². The third-order valence-electron chi connectivity index (χ3n) is 2.12. The van der Waals surface area contributed by atoms with Crippen LogP contribution in [0, 0.1) is 6.92 Å². The maximum absolute atomic E-state index is 11.4. The molecule has 1 aromatic heterocycles. The van der Waals surface area contributed by atoms with Crippen LogP contribution in [0.2, 0.25) is 0 Å². The minimum absolute atomic E-state index is 0.431. The molecule has 2 N–H and O–H groups in total. The van der Waals surface area contributed by atoms with Gasteiger partial charge in [0.2, 0.25) is 5.88 Å². The predicted octanol–water partition coefficient (Wildman–Crippen LogP) is 1.73.